The van der Waals surface area contributed by atoms with Crippen LogP contribution >= 0.6 is 11.8 Å². The summed E-state index contributed by atoms with van der Waals surface area (Å²) in [7, 11) is 1.58. The largest absolute Gasteiger partial charge is 0.497 e. The molecule has 0 unspecified atom stereocenters. The van der Waals surface area contributed by atoms with Crippen molar-refractivity contribution in [3.05, 3.63) is 47.5 Å². The molecule has 4 rings (SSSR count). The minimum Gasteiger partial charge on any atom is -0.497 e. The van der Waals surface area contributed by atoms with Crippen LogP contribution in [0.5, 0.6) is 5.75 Å². The van der Waals surface area contributed by atoms with Crippen LogP contribution in [0.15, 0.2) is 46.2 Å². The van der Waals surface area contributed by atoms with Crippen molar-refractivity contribution in [1.82, 2.24) is 5.32 Å². The molecule has 0 atom stereocenters. The SMILES string of the molecule is COc1ccc2c(c1)C(=O)Nc1cc(C(=O)NCCC3CCCCC3)ccc1S2. The molecule has 2 aromatic carbocycles. The van der Waals surface area contributed by atoms with E-state index in [-0.39, 0.29) is 11.8 Å². The van der Waals surface area contributed by atoms with Gasteiger partial charge in [-0.1, -0.05) is 43.9 Å². The van der Waals surface area contributed by atoms with Gasteiger partial charge in [-0.05, 0) is 48.7 Å². The fraction of sp³-hybridized carbons (Fsp3) is 0.391. The standard InChI is InChI=1S/C23H26N2O3S/c1-28-17-8-10-20-18(14-17)23(27)25-19-13-16(7-9-21(19)29-20)22(26)24-12-11-15-5-3-2-4-6-15/h7-10,13-15H,2-6,11-12H2,1H3,(H,24,26)(H,25,27). The Morgan fingerprint density at radius 3 is 2.72 bits per heavy atom. The van der Waals surface area contributed by atoms with Gasteiger partial charge in [0.15, 0.2) is 0 Å². The van der Waals surface area contributed by atoms with Gasteiger partial charge in [0.25, 0.3) is 11.8 Å². The molecular weight excluding hydrogens is 384 g/mol. The summed E-state index contributed by atoms with van der Waals surface area (Å²) in [5.74, 6) is 1.09. The first-order chi connectivity index (χ1) is 14.1. The van der Waals surface area contributed by atoms with Gasteiger partial charge in [-0.2, -0.15) is 0 Å². The van der Waals surface area contributed by atoms with Gasteiger partial charge in [0.2, 0.25) is 0 Å². The molecule has 29 heavy (non-hydrogen) atoms. The number of amides is 2. The molecule has 0 aromatic heterocycles. The van der Waals surface area contributed by atoms with Crippen LogP contribution in [0.3, 0.4) is 0 Å². The highest BCUT2D eigenvalue weighted by Crippen LogP contribution is 2.40. The molecule has 1 aliphatic carbocycles. The highest BCUT2D eigenvalue weighted by atomic mass is 32.2. The molecule has 2 aromatic rings. The van der Waals surface area contributed by atoms with Gasteiger partial charge in [-0.15, -0.1) is 0 Å². The molecule has 0 spiro atoms. The predicted octanol–water partition coefficient (Wildman–Crippen LogP) is 5.11. The summed E-state index contributed by atoms with van der Waals surface area (Å²) in [6.45, 7) is 0.701. The van der Waals surface area contributed by atoms with Crippen LogP contribution in [0.25, 0.3) is 0 Å². The summed E-state index contributed by atoms with van der Waals surface area (Å²) in [5.41, 5.74) is 1.80. The Morgan fingerprint density at radius 2 is 1.93 bits per heavy atom. The van der Waals surface area contributed by atoms with E-state index in [0.29, 0.717) is 29.1 Å². The Balaban J connectivity index is 1.44. The van der Waals surface area contributed by atoms with Gasteiger partial charge in [-0.25, -0.2) is 0 Å². The van der Waals surface area contributed by atoms with Crippen LogP contribution in [0.1, 0.15) is 59.2 Å². The quantitative estimate of drug-likeness (QED) is 0.719. The number of hydrogen-bond donors (Lipinski definition) is 2. The van der Waals surface area contributed by atoms with Gasteiger partial charge in [-0.3, -0.25) is 9.59 Å². The van der Waals surface area contributed by atoms with Crippen molar-refractivity contribution in [3.63, 3.8) is 0 Å². The number of fused-ring (bicyclic) bond motifs is 2. The van der Waals surface area contributed by atoms with E-state index in [4.69, 9.17) is 4.74 Å². The zero-order valence-corrected chi connectivity index (χ0v) is 17.4. The lowest BCUT2D eigenvalue weighted by Gasteiger charge is -2.21. The van der Waals surface area contributed by atoms with Crippen molar-refractivity contribution in [2.75, 3.05) is 19.0 Å². The number of nitrogens with one attached hydrogen (secondary N) is 2. The summed E-state index contributed by atoms with van der Waals surface area (Å²) in [5, 5.41) is 5.97. The lowest BCUT2D eigenvalue weighted by atomic mass is 9.87. The van der Waals surface area contributed by atoms with E-state index in [2.05, 4.69) is 10.6 Å². The predicted molar refractivity (Wildman–Crippen MR) is 115 cm³/mol. The fourth-order valence-corrected chi connectivity index (χ4v) is 5.03. The first-order valence-corrected chi connectivity index (χ1v) is 11.0. The number of carbonyl (C=O) groups is 2. The van der Waals surface area contributed by atoms with Gasteiger partial charge in [0.1, 0.15) is 5.75 Å². The maximum Gasteiger partial charge on any atom is 0.256 e. The van der Waals surface area contributed by atoms with Crippen molar-refractivity contribution in [2.24, 2.45) is 5.92 Å². The number of carbonyl (C=O) groups excluding carboxylic acids is 2. The number of anilines is 1. The first kappa shape index (κ1) is 19.8. The van der Waals surface area contributed by atoms with E-state index in [1.807, 2.05) is 24.3 Å². The second-order valence-electron chi connectivity index (χ2n) is 7.68. The summed E-state index contributed by atoms with van der Waals surface area (Å²) in [6, 6.07) is 11.0. The second kappa shape index (κ2) is 8.91. The smallest absolute Gasteiger partial charge is 0.256 e. The summed E-state index contributed by atoms with van der Waals surface area (Å²) in [4.78, 5) is 27.1. The van der Waals surface area contributed by atoms with Gasteiger partial charge in [0, 0.05) is 21.9 Å². The third-order valence-corrected chi connectivity index (χ3v) is 6.86. The zero-order chi connectivity index (χ0) is 20.2. The number of rotatable bonds is 5. The Kier molecular flexibility index (Phi) is 6.09. The van der Waals surface area contributed by atoms with Crippen molar-refractivity contribution in [1.29, 1.82) is 0 Å². The molecule has 2 N–H and O–H groups in total. The minimum atomic E-state index is -0.194. The molecule has 2 amide bonds. The molecule has 1 saturated carbocycles. The zero-order valence-electron chi connectivity index (χ0n) is 16.6. The van der Waals surface area contributed by atoms with Gasteiger partial charge in [0.05, 0.1) is 18.4 Å². The van der Waals surface area contributed by atoms with E-state index >= 15 is 0 Å². The lowest BCUT2D eigenvalue weighted by Crippen LogP contribution is -2.26. The van der Waals surface area contributed by atoms with Crippen molar-refractivity contribution in [3.8, 4) is 5.75 Å². The summed E-state index contributed by atoms with van der Waals surface area (Å²) in [6.07, 6.45) is 7.58. The minimum absolute atomic E-state index is 0.0914. The number of benzene rings is 2. The molecule has 0 saturated heterocycles. The molecule has 5 nitrogen and oxygen atoms in total. The van der Waals surface area contributed by atoms with Crippen LogP contribution in [-0.4, -0.2) is 25.5 Å². The molecule has 1 aliphatic heterocycles. The second-order valence-corrected chi connectivity index (χ2v) is 8.76. The Labute approximate surface area is 175 Å². The van der Waals surface area contributed by atoms with Crippen molar-refractivity contribution < 1.29 is 14.3 Å². The Morgan fingerprint density at radius 1 is 1.14 bits per heavy atom. The Bertz CT molecular complexity index is 922. The molecule has 0 radical (unpaired) electrons. The summed E-state index contributed by atoms with van der Waals surface area (Å²) < 4.78 is 5.24. The van der Waals surface area contributed by atoms with Crippen LogP contribution in [0.2, 0.25) is 0 Å². The van der Waals surface area contributed by atoms with Crippen LogP contribution in [0, 0.1) is 5.92 Å². The van der Waals surface area contributed by atoms with Crippen molar-refractivity contribution >= 4 is 29.3 Å². The monoisotopic (exact) mass is 410 g/mol. The first-order valence-electron chi connectivity index (χ1n) is 10.2. The molecule has 1 heterocycles. The van der Waals surface area contributed by atoms with Crippen LogP contribution in [0.4, 0.5) is 5.69 Å². The number of methoxy groups -OCH3 is 1. The van der Waals surface area contributed by atoms with Gasteiger partial charge < -0.3 is 15.4 Å². The summed E-state index contributed by atoms with van der Waals surface area (Å²) >= 11 is 1.51. The topological polar surface area (TPSA) is 67.4 Å². The van der Waals surface area contributed by atoms with Crippen molar-refractivity contribution in [2.45, 2.75) is 48.3 Å². The highest BCUT2D eigenvalue weighted by Gasteiger charge is 2.22. The fourth-order valence-electron chi connectivity index (χ4n) is 4.04. The van der Waals surface area contributed by atoms with E-state index in [9.17, 15) is 9.59 Å². The van der Waals surface area contributed by atoms with Crippen LogP contribution in [-0.2, 0) is 0 Å². The lowest BCUT2D eigenvalue weighted by molar-refractivity contribution is 0.0949. The molecule has 152 valence electrons. The normalized spacial score (nSPS) is 16.2. The maximum absolute atomic E-state index is 12.7. The average molecular weight is 411 g/mol. The maximum atomic E-state index is 12.7. The van der Waals surface area contributed by atoms with Crippen LogP contribution < -0.4 is 15.4 Å². The number of ether oxygens (including phenoxy) is 1. The third kappa shape index (κ3) is 4.58. The average Bonchev–Trinajstić information content (AvgIpc) is 2.89. The Hall–Kier alpha value is -2.47. The van der Waals surface area contributed by atoms with Gasteiger partial charge >= 0.3 is 0 Å². The van der Waals surface area contributed by atoms with E-state index < -0.39 is 0 Å². The molecule has 1 fully saturated rings. The molecule has 2 aliphatic rings. The molecular formula is C23H26N2O3S. The third-order valence-electron chi connectivity index (χ3n) is 5.70. The van der Waals surface area contributed by atoms with E-state index in [1.54, 1.807) is 19.2 Å². The molecule has 6 heteroatoms. The van der Waals surface area contributed by atoms with E-state index in [1.165, 1.54) is 43.9 Å². The number of hydrogen-bond acceptors (Lipinski definition) is 4. The molecule has 0 bridgehead atoms. The highest BCUT2D eigenvalue weighted by molar-refractivity contribution is 7.99. The van der Waals surface area contributed by atoms with E-state index in [0.717, 1.165) is 22.1 Å².